The second kappa shape index (κ2) is 11.7. The fourth-order valence-corrected chi connectivity index (χ4v) is 5.46. The molecule has 0 unspecified atom stereocenters. The average molecular weight is 530 g/mol. The second-order valence-electron chi connectivity index (χ2n) is 10.3. The van der Waals surface area contributed by atoms with E-state index in [-0.39, 0.29) is 30.0 Å². The maximum Gasteiger partial charge on any atom is 0.272 e. The van der Waals surface area contributed by atoms with Crippen LogP contribution < -0.4 is 10.6 Å². The molecule has 2 heterocycles. The summed E-state index contributed by atoms with van der Waals surface area (Å²) < 4.78 is 1.67. The van der Waals surface area contributed by atoms with Crippen LogP contribution in [0.4, 0.5) is 0 Å². The molecule has 1 aromatic heterocycles. The molecule has 9 nitrogen and oxygen atoms in total. The van der Waals surface area contributed by atoms with Gasteiger partial charge in [-0.05, 0) is 80.3 Å². The zero-order valence-electron chi connectivity index (χ0n) is 22.3. The van der Waals surface area contributed by atoms with Gasteiger partial charge in [-0.2, -0.15) is 5.10 Å². The molecular weight excluding hydrogens is 494 g/mol. The van der Waals surface area contributed by atoms with Gasteiger partial charge in [-0.1, -0.05) is 18.2 Å². The lowest BCUT2D eigenvalue weighted by atomic mass is 9.95. The third-order valence-electron chi connectivity index (χ3n) is 7.52. The van der Waals surface area contributed by atoms with Gasteiger partial charge in [0.1, 0.15) is 11.4 Å². The number of fused-ring (bicyclic) bond motifs is 6. The summed E-state index contributed by atoms with van der Waals surface area (Å²) in [6.07, 6.45) is 5.65. The first-order chi connectivity index (χ1) is 18.9. The van der Waals surface area contributed by atoms with Crippen LogP contribution in [-0.4, -0.2) is 63.7 Å². The van der Waals surface area contributed by atoms with Crippen molar-refractivity contribution in [3.05, 3.63) is 70.5 Å². The number of carbonyl (C=O) groups excluding carboxylic acids is 3. The Hall–Kier alpha value is -4.14. The fourth-order valence-electron chi connectivity index (χ4n) is 5.46. The molecule has 0 saturated heterocycles. The minimum absolute atomic E-state index is 0.0451. The topological polar surface area (TPSA) is 117 Å². The van der Waals surface area contributed by atoms with E-state index in [1.54, 1.807) is 40.9 Å². The molecule has 2 aliphatic rings. The Morgan fingerprint density at radius 2 is 1.74 bits per heavy atom. The molecule has 0 fully saturated rings. The molecule has 5 rings (SSSR count). The minimum Gasteiger partial charge on any atom is -0.507 e. The van der Waals surface area contributed by atoms with E-state index in [9.17, 15) is 19.5 Å². The van der Waals surface area contributed by atoms with E-state index in [1.807, 2.05) is 18.2 Å². The number of amides is 3. The Bertz CT molecular complexity index is 1400. The van der Waals surface area contributed by atoms with E-state index in [0.717, 1.165) is 48.1 Å². The van der Waals surface area contributed by atoms with Crippen molar-refractivity contribution in [2.45, 2.75) is 44.9 Å². The van der Waals surface area contributed by atoms with E-state index in [4.69, 9.17) is 0 Å². The molecule has 39 heavy (non-hydrogen) atoms. The van der Waals surface area contributed by atoms with Gasteiger partial charge in [0.2, 0.25) is 5.91 Å². The zero-order valence-corrected chi connectivity index (χ0v) is 22.3. The van der Waals surface area contributed by atoms with Crippen LogP contribution in [-0.2, 0) is 31.1 Å². The summed E-state index contributed by atoms with van der Waals surface area (Å²) in [5.74, 6) is -0.467. The van der Waals surface area contributed by atoms with E-state index in [2.05, 4.69) is 15.7 Å². The standard InChI is InChI=1S/C30H35N5O4/c1-34-28(23-9-2-3-10-25(23)33-34)30(39)35-16-5-4-14-32-29(38)22-8-6-7-21(18-22)24-17-20(11-12-26(24)36)13-15-31-27(37)19-35/h6-8,11-12,17-18,36H,2-5,9-10,13-16,19H2,1H3,(H,31,37)(H,32,38). The number of phenols is 1. The highest BCUT2D eigenvalue weighted by molar-refractivity contribution is 5.97. The maximum atomic E-state index is 13.7. The second-order valence-corrected chi connectivity index (χ2v) is 10.3. The maximum absolute atomic E-state index is 13.7. The lowest BCUT2D eigenvalue weighted by Gasteiger charge is -2.23. The Kier molecular flexibility index (Phi) is 7.95. The fraction of sp³-hybridized carbons (Fsp3) is 0.400. The average Bonchev–Trinajstić information content (AvgIpc) is 3.27. The SMILES string of the molecule is Cn1nc2c(c1C(=O)N1CCCCNC(=O)c3cccc(c3)-c3cc(ccc3O)CCNC(=O)C1)CCCC2. The smallest absolute Gasteiger partial charge is 0.272 e. The summed E-state index contributed by atoms with van der Waals surface area (Å²) in [7, 11) is 1.80. The minimum atomic E-state index is -0.222. The number of hydrogen-bond acceptors (Lipinski definition) is 5. The molecule has 0 atom stereocenters. The lowest BCUT2D eigenvalue weighted by Crippen LogP contribution is -2.42. The van der Waals surface area contributed by atoms with Crippen LogP contribution in [0.5, 0.6) is 5.75 Å². The number of aromatic hydroxyl groups is 1. The molecule has 9 heteroatoms. The number of benzene rings is 2. The Morgan fingerprint density at radius 3 is 2.62 bits per heavy atom. The van der Waals surface area contributed by atoms with Crippen molar-refractivity contribution in [1.82, 2.24) is 25.3 Å². The van der Waals surface area contributed by atoms with Crippen molar-refractivity contribution in [3.63, 3.8) is 0 Å². The molecule has 0 saturated carbocycles. The normalized spacial score (nSPS) is 16.9. The lowest BCUT2D eigenvalue weighted by molar-refractivity contribution is -0.121. The number of aryl methyl sites for hydroxylation is 2. The predicted octanol–water partition coefficient (Wildman–Crippen LogP) is 3.00. The molecule has 0 spiro atoms. The summed E-state index contributed by atoms with van der Waals surface area (Å²) >= 11 is 0. The number of hydrogen-bond donors (Lipinski definition) is 3. The van der Waals surface area contributed by atoms with Gasteiger partial charge in [0.05, 0.1) is 12.2 Å². The highest BCUT2D eigenvalue weighted by Gasteiger charge is 2.28. The highest BCUT2D eigenvalue weighted by Crippen LogP contribution is 2.31. The van der Waals surface area contributed by atoms with Crippen LogP contribution in [0.1, 0.15) is 63.4 Å². The van der Waals surface area contributed by atoms with Crippen molar-refractivity contribution in [1.29, 1.82) is 0 Å². The van der Waals surface area contributed by atoms with Crippen molar-refractivity contribution in [2.24, 2.45) is 7.05 Å². The predicted molar refractivity (Wildman–Crippen MR) is 148 cm³/mol. The largest absolute Gasteiger partial charge is 0.507 e. The summed E-state index contributed by atoms with van der Waals surface area (Å²) in [6, 6.07) is 12.5. The van der Waals surface area contributed by atoms with Crippen molar-refractivity contribution >= 4 is 17.7 Å². The van der Waals surface area contributed by atoms with E-state index < -0.39 is 0 Å². The number of aromatic nitrogens is 2. The molecular formula is C30H35N5O4. The molecule has 3 N–H and O–H groups in total. The Labute approximate surface area is 228 Å². The third kappa shape index (κ3) is 5.97. The quantitative estimate of drug-likeness (QED) is 0.448. The van der Waals surface area contributed by atoms with Crippen LogP contribution in [0, 0.1) is 0 Å². The molecule has 1 aliphatic heterocycles. The first-order valence-electron chi connectivity index (χ1n) is 13.7. The van der Waals surface area contributed by atoms with Gasteiger partial charge in [0.25, 0.3) is 11.8 Å². The molecule has 3 amide bonds. The Balaban J connectivity index is 1.37. The van der Waals surface area contributed by atoms with Crippen LogP contribution in [0.15, 0.2) is 42.5 Å². The molecule has 3 aromatic rings. The zero-order chi connectivity index (χ0) is 27.4. The summed E-state index contributed by atoms with van der Waals surface area (Å²) in [6.45, 7) is 1.20. The monoisotopic (exact) mass is 529 g/mol. The van der Waals surface area contributed by atoms with Gasteiger partial charge in [0, 0.05) is 43.4 Å². The first kappa shape index (κ1) is 26.5. The van der Waals surface area contributed by atoms with Gasteiger partial charge < -0.3 is 20.6 Å². The molecule has 1 aliphatic carbocycles. The van der Waals surface area contributed by atoms with Crippen molar-refractivity contribution < 1.29 is 19.5 Å². The summed E-state index contributed by atoms with van der Waals surface area (Å²) in [4.78, 5) is 41.1. The Morgan fingerprint density at radius 1 is 0.923 bits per heavy atom. The molecule has 204 valence electrons. The summed E-state index contributed by atoms with van der Waals surface area (Å²) in [5, 5.41) is 21.0. The molecule has 4 bridgehead atoms. The number of carbonyl (C=O) groups is 3. The number of nitrogens with one attached hydrogen (secondary N) is 2. The highest BCUT2D eigenvalue weighted by atomic mass is 16.3. The van der Waals surface area contributed by atoms with Crippen molar-refractivity contribution in [2.75, 3.05) is 26.2 Å². The van der Waals surface area contributed by atoms with Crippen molar-refractivity contribution in [3.8, 4) is 16.9 Å². The van der Waals surface area contributed by atoms with Crippen LogP contribution in [0.2, 0.25) is 0 Å². The number of phenolic OH excluding ortho intramolecular Hbond substituents is 1. The van der Waals surface area contributed by atoms with Crippen LogP contribution in [0.3, 0.4) is 0 Å². The van der Waals surface area contributed by atoms with Gasteiger partial charge in [-0.25, -0.2) is 0 Å². The van der Waals surface area contributed by atoms with E-state index >= 15 is 0 Å². The van der Waals surface area contributed by atoms with Gasteiger partial charge in [-0.15, -0.1) is 0 Å². The van der Waals surface area contributed by atoms with Gasteiger partial charge in [0.15, 0.2) is 0 Å². The van der Waals surface area contributed by atoms with E-state index in [0.29, 0.717) is 55.7 Å². The van der Waals surface area contributed by atoms with Crippen LogP contribution in [0.25, 0.3) is 11.1 Å². The summed E-state index contributed by atoms with van der Waals surface area (Å²) in [5.41, 5.74) is 5.40. The third-order valence-corrected chi connectivity index (χ3v) is 7.52. The first-order valence-corrected chi connectivity index (χ1v) is 13.7. The molecule has 0 radical (unpaired) electrons. The van der Waals surface area contributed by atoms with E-state index in [1.165, 1.54) is 0 Å². The van der Waals surface area contributed by atoms with Gasteiger partial charge >= 0.3 is 0 Å². The molecule has 2 aromatic carbocycles. The number of nitrogens with zero attached hydrogens (tertiary/aromatic N) is 3. The van der Waals surface area contributed by atoms with Crippen LogP contribution >= 0.6 is 0 Å². The van der Waals surface area contributed by atoms with Gasteiger partial charge in [-0.3, -0.25) is 19.1 Å². The number of rotatable bonds is 1.